The van der Waals surface area contributed by atoms with Crippen LogP contribution in [-0.2, 0) is 18.6 Å². The zero-order chi connectivity index (χ0) is 17.3. The minimum Gasteiger partial charge on any atom is -0.502 e. The molecule has 1 unspecified atom stereocenters. The van der Waals surface area contributed by atoms with Crippen LogP contribution in [0.3, 0.4) is 0 Å². The van der Waals surface area contributed by atoms with Gasteiger partial charge in [-0.3, -0.25) is 0 Å². The van der Waals surface area contributed by atoms with Crippen LogP contribution >= 0.6 is 0 Å². The first-order valence-corrected chi connectivity index (χ1v) is 10.8. The molecule has 0 aliphatic rings. The second kappa shape index (κ2) is 9.38. The molecule has 0 aromatic heterocycles. The maximum absolute atomic E-state index is 6.58. The molecule has 0 heterocycles. The molecule has 4 nitrogen and oxygen atoms in total. The van der Waals surface area contributed by atoms with E-state index in [0.29, 0.717) is 19.8 Å². The molecule has 0 spiro atoms. The molecular formula is C17H34O4Si. The van der Waals surface area contributed by atoms with Gasteiger partial charge < -0.3 is 18.6 Å². The van der Waals surface area contributed by atoms with Crippen molar-refractivity contribution < 1.29 is 18.6 Å². The van der Waals surface area contributed by atoms with Crippen LogP contribution < -0.4 is 0 Å². The van der Waals surface area contributed by atoms with Crippen molar-refractivity contribution in [2.45, 2.75) is 64.5 Å². The highest BCUT2D eigenvalue weighted by molar-refractivity contribution is 6.74. The molecule has 0 aromatic rings. The molecule has 0 aliphatic heterocycles. The quantitative estimate of drug-likeness (QED) is 0.284. The second-order valence-corrected chi connectivity index (χ2v) is 11.0. The fourth-order valence-electron chi connectivity index (χ4n) is 2.00. The van der Waals surface area contributed by atoms with Gasteiger partial charge in [0.05, 0.1) is 36.6 Å². The molecule has 0 bridgehead atoms. The van der Waals surface area contributed by atoms with Gasteiger partial charge in [-0.05, 0) is 40.3 Å². The highest BCUT2D eigenvalue weighted by Gasteiger charge is 2.46. The van der Waals surface area contributed by atoms with Crippen molar-refractivity contribution in [3.05, 3.63) is 25.7 Å². The molecule has 0 rings (SSSR count). The van der Waals surface area contributed by atoms with Crippen LogP contribution in [0.25, 0.3) is 0 Å². The van der Waals surface area contributed by atoms with E-state index in [-0.39, 0.29) is 10.8 Å². The number of rotatable bonds is 13. The Morgan fingerprint density at radius 1 is 0.955 bits per heavy atom. The lowest BCUT2D eigenvalue weighted by molar-refractivity contribution is -0.0260. The summed E-state index contributed by atoms with van der Waals surface area (Å²) in [6, 6.07) is 0. The van der Waals surface area contributed by atoms with Crippen molar-refractivity contribution in [2.24, 2.45) is 0 Å². The summed E-state index contributed by atoms with van der Waals surface area (Å²) in [4.78, 5) is 0. The lowest BCUT2D eigenvalue weighted by Gasteiger charge is -2.45. The van der Waals surface area contributed by atoms with Gasteiger partial charge in [-0.1, -0.05) is 20.1 Å². The zero-order valence-corrected chi connectivity index (χ0v) is 16.2. The molecule has 0 aliphatic carbocycles. The first kappa shape index (κ1) is 21.2. The van der Waals surface area contributed by atoms with E-state index in [2.05, 4.69) is 53.9 Å². The Balaban J connectivity index is 4.71. The van der Waals surface area contributed by atoms with E-state index < -0.39 is 8.32 Å². The zero-order valence-electron chi connectivity index (χ0n) is 15.2. The SMILES string of the molecule is C=COCCOC(C)(C)[Si](C)(C)OC(C)(CC)CCOC=C. The van der Waals surface area contributed by atoms with Gasteiger partial charge in [0.2, 0.25) is 8.32 Å². The summed E-state index contributed by atoms with van der Waals surface area (Å²) >= 11 is 0. The summed E-state index contributed by atoms with van der Waals surface area (Å²) in [5, 5.41) is -0.312. The van der Waals surface area contributed by atoms with Gasteiger partial charge in [0.1, 0.15) is 6.61 Å². The molecular weight excluding hydrogens is 296 g/mol. The van der Waals surface area contributed by atoms with Crippen molar-refractivity contribution in [1.82, 2.24) is 0 Å². The summed E-state index contributed by atoms with van der Waals surface area (Å²) in [5.41, 5.74) is -0.211. The number of hydrogen-bond acceptors (Lipinski definition) is 4. The third-order valence-electron chi connectivity index (χ3n) is 4.35. The largest absolute Gasteiger partial charge is 0.502 e. The fraction of sp³-hybridized carbons (Fsp3) is 0.765. The summed E-state index contributed by atoms with van der Waals surface area (Å²) in [7, 11) is -2.09. The molecule has 0 radical (unpaired) electrons. The van der Waals surface area contributed by atoms with E-state index >= 15 is 0 Å². The fourth-order valence-corrected chi connectivity index (χ4v) is 4.17. The van der Waals surface area contributed by atoms with E-state index in [0.717, 1.165) is 12.8 Å². The molecule has 0 saturated carbocycles. The Hall–Kier alpha value is -0.783. The van der Waals surface area contributed by atoms with E-state index in [1.54, 1.807) is 0 Å². The number of hydrogen-bond donors (Lipinski definition) is 0. The Morgan fingerprint density at radius 3 is 2.00 bits per heavy atom. The topological polar surface area (TPSA) is 36.9 Å². The molecule has 0 N–H and O–H groups in total. The third-order valence-corrected chi connectivity index (χ3v) is 8.40. The van der Waals surface area contributed by atoms with Crippen LogP contribution in [0.15, 0.2) is 25.7 Å². The van der Waals surface area contributed by atoms with Crippen LogP contribution in [0.2, 0.25) is 13.1 Å². The predicted octanol–water partition coefficient (Wildman–Crippen LogP) is 4.42. The highest BCUT2D eigenvalue weighted by atomic mass is 28.4. The maximum Gasteiger partial charge on any atom is 0.218 e. The molecule has 0 saturated heterocycles. The van der Waals surface area contributed by atoms with Gasteiger partial charge in [0.25, 0.3) is 0 Å². The van der Waals surface area contributed by atoms with E-state index in [1.165, 1.54) is 12.5 Å². The number of ether oxygens (including phenoxy) is 3. The van der Waals surface area contributed by atoms with Crippen molar-refractivity contribution in [2.75, 3.05) is 19.8 Å². The normalized spacial score (nSPS) is 15.0. The van der Waals surface area contributed by atoms with Crippen LogP contribution in [0.5, 0.6) is 0 Å². The first-order valence-electron chi connectivity index (χ1n) is 7.93. The Morgan fingerprint density at radius 2 is 1.50 bits per heavy atom. The molecule has 0 fully saturated rings. The average Bonchev–Trinajstić information content (AvgIpc) is 2.43. The van der Waals surface area contributed by atoms with Gasteiger partial charge in [0, 0.05) is 6.42 Å². The van der Waals surface area contributed by atoms with Crippen LogP contribution in [0.4, 0.5) is 0 Å². The van der Waals surface area contributed by atoms with E-state index in [4.69, 9.17) is 18.6 Å². The highest BCUT2D eigenvalue weighted by Crippen LogP contribution is 2.33. The monoisotopic (exact) mass is 330 g/mol. The molecule has 22 heavy (non-hydrogen) atoms. The van der Waals surface area contributed by atoms with Crippen LogP contribution in [-0.4, -0.2) is 39.0 Å². The minimum absolute atomic E-state index is 0.211. The predicted molar refractivity (Wildman–Crippen MR) is 94.2 cm³/mol. The first-order chi connectivity index (χ1) is 10.1. The summed E-state index contributed by atoms with van der Waals surface area (Å²) in [6.07, 6.45) is 4.68. The van der Waals surface area contributed by atoms with E-state index in [9.17, 15) is 0 Å². The van der Waals surface area contributed by atoms with Crippen molar-refractivity contribution in [1.29, 1.82) is 0 Å². The van der Waals surface area contributed by atoms with Crippen LogP contribution in [0.1, 0.15) is 40.5 Å². The Labute approximate surface area is 137 Å². The molecule has 0 aromatic carbocycles. The molecule has 0 amide bonds. The Kier molecular flexibility index (Phi) is 9.04. The minimum atomic E-state index is -2.09. The lowest BCUT2D eigenvalue weighted by atomic mass is 10.0. The van der Waals surface area contributed by atoms with Gasteiger partial charge in [-0.15, -0.1) is 0 Å². The maximum atomic E-state index is 6.58. The second-order valence-electron chi connectivity index (χ2n) is 6.60. The van der Waals surface area contributed by atoms with Crippen molar-refractivity contribution in [3.63, 3.8) is 0 Å². The Bertz CT molecular complexity index is 342. The van der Waals surface area contributed by atoms with Gasteiger partial charge in [-0.25, -0.2) is 0 Å². The van der Waals surface area contributed by atoms with Crippen molar-refractivity contribution in [3.8, 4) is 0 Å². The molecule has 5 heteroatoms. The van der Waals surface area contributed by atoms with Gasteiger partial charge >= 0.3 is 0 Å². The third kappa shape index (κ3) is 6.98. The van der Waals surface area contributed by atoms with Gasteiger partial charge in [-0.2, -0.15) is 0 Å². The standard InChI is InChI=1S/C17H34O4Si/c1-9-17(6,12-13-18-10-2)21-22(7,8)16(4,5)20-15-14-19-11-3/h10-11H,2-3,9,12-15H2,1,4-8H3. The summed E-state index contributed by atoms with van der Waals surface area (Å²) < 4.78 is 23.0. The van der Waals surface area contributed by atoms with Gasteiger partial charge in [0.15, 0.2) is 0 Å². The van der Waals surface area contributed by atoms with Crippen LogP contribution in [0, 0.1) is 0 Å². The van der Waals surface area contributed by atoms with Crippen molar-refractivity contribution >= 4 is 8.32 Å². The summed E-state index contributed by atoms with van der Waals surface area (Å²) in [6.45, 7) is 21.6. The molecule has 1 atom stereocenters. The average molecular weight is 331 g/mol. The molecule has 130 valence electrons. The summed E-state index contributed by atoms with van der Waals surface area (Å²) in [5.74, 6) is 0. The van der Waals surface area contributed by atoms with E-state index in [1.807, 2.05) is 0 Å². The smallest absolute Gasteiger partial charge is 0.218 e. The lowest BCUT2D eigenvalue weighted by Crippen LogP contribution is -2.58.